The topological polar surface area (TPSA) is 38.2 Å². The molecule has 2 aromatic carbocycles. The molecule has 1 aromatic heterocycles. The van der Waals surface area contributed by atoms with E-state index in [-0.39, 0.29) is 5.41 Å². The van der Waals surface area contributed by atoms with Crippen LogP contribution in [-0.4, -0.2) is 28.2 Å². The summed E-state index contributed by atoms with van der Waals surface area (Å²) >= 11 is 0. The van der Waals surface area contributed by atoms with Crippen molar-refractivity contribution in [3.63, 3.8) is 0 Å². The van der Waals surface area contributed by atoms with Gasteiger partial charge in [-0.25, -0.2) is 8.78 Å². The molecule has 29 heavy (non-hydrogen) atoms. The Hall–Kier alpha value is -2.86. The van der Waals surface area contributed by atoms with Crippen LogP contribution in [0.5, 0.6) is 11.6 Å². The number of nitrogens with zero attached hydrogens (tertiary/aromatic N) is 3. The number of aryl methyl sites for hydroxylation is 1. The molecule has 0 saturated carbocycles. The highest BCUT2D eigenvalue weighted by atomic mass is 19.2. The maximum Gasteiger partial charge on any atom is 0.238 e. The van der Waals surface area contributed by atoms with Crippen molar-refractivity contribution in [3.05, 3.63) is 82.5 Å². The molecule has 1 saturated heterocycles. The number of hydrogen-bond acceptors (Lipinski definition) is 4. The number of fused-ring (bicyclic) bond motifs is 2. The molecule has 0 unspecified atom stereocenters. The van der Waals surface area contributed by atoms with Crippen LogP contribution in [0.2, 0.25) is 0 Å². The lowest BCUT2D eigenvalue weighted by Crippen LogP contribution is -2.39. The molecule has 3 aliphatic heterocycles. The molecule has 4 nitrogen and oxygen atoms in total. The average Bonchev–Trinajstić information content (AvgIpc) is 2.98. The van der Waals surface area contributed by atoms with E-state index >= 15 is 0 Å². The summed E-state index contributed by atoms with van der Waals surface area (Å²) in [6.07, 6.45) is 1.77. The van der Waals surface area contributed by atoms with Crippen LogP contribution in [0.15, 0.2) is 48.5 Å². The number of benzene rings is 2. The molecule has 4 heterocycles. The lowest BCUT2D eigenvalue weighted by molar-refractivity contribution is 0.190. The first kappa shape index (κ1) is 18.2. The third-order valence-electron chi connectivity index (χ3n) is 6.16. The lowest BCUT2D eigenvalue weighted by atomic mass is 9.68. The van der Waals surface area contributed by atoms with Crippen LogP contribution in [0, 0.1) is 18.6 Å². The van der Waals surface area contributed by atoms with E-state index < -0.39 is 11.6 Å². The molecule has 0 aliphatic carbocycles. The van der Waals surface area contributed by atoms with Crippen LogP contribution < -0.4 is 4.74 Å². The monoisotopic (exact) mass is 393 g/mol. The predicted molar refractivity (Wildman–Crippen MR) is 105 cm³/mol. The highest BCUT2D eigenvalue weighted by Crippen LogP contribution is 2.47. The van der Waals surface area contributed by atoms with Gasteiger partial charge >= 0.3 is 0 Å². The van der Waals surface area contributed by atoms with Crippen molar-refractivity contribution in [2.75, 3.05) is 13.1 Å². The molecule has 0 atom stereocenters. The molecular formula is C23H21F2N3O. The zero-order valence-electron chi connectivity index (χ0n) is 16.2. The van der Waals surface area contributed by atoms with Gasteiger partial charge in [-0.05, 0) is 79.9 Å². The summed E-state index contributed by atoms with van der Waals surface area (Å²) in [6, 6.07) is 14.0. The van der Waals surface area contributed by atoms with Gasteiger partial charge in [0.2, 0.25) is 5.88 Å². The number of ether oxygens (including phenoxy) is 1. The summed E-state index contributed by atoms with van der Waals surface area (Å²) in [4.78, 5) is 2.40. The summed E-state index contributed by atoms with van der Waals surface area (Å²) in [6.45, 7) is 4.54. The second-order valence-corrected chi connectivity index (χ2v) is 7.92. The molecule has 0 spiro atoms. The Kier molecular flexibility index (Phi) is 4.32. The molecule has 0 N–H and O–H groups in total. The number of hydrogen-bond donors (Lipinski definition) is 0. The number of piperidine rings is 1. The second-order valence-electron chi connectivity index (χ2n) is 7.92. The van der Waals surface area contributed by atoms with Gasteiger partial charge in [-0.3, -0.25) is 4.90 Å². The third kappa shape index (κ3) is 3.17. The molecule has 0 amide bonds. The van der Waals surface area contributed by atoms with Gasteiger partial charge in [0.15, 0.2) is 11.6 Å². The fraction of sp³-hybridized carbons (Fsp3) is 0.304. The summed E-state index contributed by atoms with van der Waals surface area (Å²) in [5.74, 6) is -0.449. The van der Waals surface area contributed by atoms with Crippen molar-refractivity contribution >= 4 is 0 Å². The van der Waals surface area contributed by atoms with E-state index in [1.807, 2.05) is 25.1 Å². The first-order chi connectivity index (χ1) is 14.0. The maximum atomic E-state index is 14.0. The van der Waals surface area contributed by atoms with Crippen LogP contribution in [-0.2, 0) is 12.0 Å². The molecule has 6 rings (SSSR count). The van der Waals surface area contributed by atoms with Gasteiger partial charge in [-0.2, -0.15) is 5.10 Å². The number of rotatable bonds is 3. The minimum Gasteiger partial charge on any atom is -0.438 e. The molecule has 2 bridgehead atoms. The average molecular weight is 393 g/mol. The van der Waals surface area contributed by atoms with Gasteiger partial charge in [0.05, 0.1) is 5.69 Å². The van der Waals surface area contributed by atoms with Crippen molar-refractivity contribution in [1.82, 2.24) is 15.1 Å². The first-order valence-corrected chi connectivity index (χ1v) is 9.83. The highest BCUT2D eigenvalue weighted by Gasteiger charge is 2.42. The van der Waals surface area contributed by atoms with Gasteiger partial charge in [-0.15, -0.1) is 5.10 Å². The Morgan fingerprint density at radius 2 is 1.76 bits per heavy atom. The molecule has 148 valence electrons. The Labute approximate surface area is 168 Å². The molecule has 6 heteroatoms. The van der Waals surface area contributed by atoms with Crippen molar-refractivity contribution in [2.24, 2.45) is 0 Å². The standard InChI is InChI=1S/C23H21F2N3O/c1-15-2-7-22(27-26-15)29-18-4-5-19-16(12-18)14-28-10-8-23(19,9-11-28)17-3-6-20(24)21(25)13-17/h2-7,12-13H,8-11,14H2,1H3. The zero-order valence-corrected chi connectivity index (χ0v) is 16.2. The van der Waals surface area contributed by atoms with E-state index in [9.17, 15) is 8.78 Å². The van der Waals surface area contributed by atoms with Crippen molar-refractivity contribution in [2.45, 2.75) is 31.7 Å². The number of halogens is 2. The summed E-state index contributed by atoms with van der Waals surface area (Å²) in [5.41, 5.74) is 3.70. The first-order valence-electron chi connectivity index (χ1n) is 9.83. The molecule has 1 fully saturated rings. The summed E-state index contributed by atoms with van der Waals surface area (Å²) in [7, 11) is 0. The van der Waals surface area contributed by atoms with Crippen molar-refractivity contribution < 1.29 is 13.5 Å². The van der Waals surface area contributed by atoms with Crippen molar-refractivity contribution in [3.8, 4) is 11.6 Å². The largest absolute Gasteiger partial charge is 0.438 e. The van der Waals surface area contributed by atoms with Gasteiger partial charge in [0.1, 0.15) is 5.75 Å². The van der Waals surface area contributed by atoms with Crippen LogP contribution in [0.1, 0.15) is 35.2 Å². The maximum absolute atomic E-state index is 14.0. The van der Waals surface area contributed by atoms with E-state index in [1.54, 1.807) is 12.1 Å². The predicted octanol–water partition coefficient (Wildman–Crippen LogP) is 4.75. The van der Waals surface area contributed by atoms with E-state index in [0.717, 1.165) is 49.3 Å². The van der Waals surface area contributed by atoms with Gasteiger partial charge < -0.3 is 4.74 Å². The Balaban J connectivity index is 1.56. The Morgan fingerprint density at radius 3 is 2.48 bits per heavy atom. The highest BCUT2D eigenvalue weighted by molar-refractivity contribution is 5.49. The van der Waals surface area contributed by atoms with E-state index in [4.69, 9.17) is 4.74 Å². The third-order valence-corrected chi connectivity index (χ3v) is 6.16. The zero-order chi connectivity index (χ0) is 20.0. The normalized spacial score (nSPS) is 22.8. The number of aromatic nitrogens is 2. The summed E-state index contributed by atoms with van der Waals surface area (Å²) in [5, 5.41) is 8.09. The molecule has 0 radical (unpaired) electrons. The molecule has 3 aliphatic rings. The van der Waals surface area contributed by atoms with E-state index in [0.29, 0.717) is 11.6 Å². The van der Waals surface area contributed by atoms with E-state index in [2.05, 4.69) is 21.2 Å². The fourth-order valence-electron chi connectivity index (χ4n) is 4.63. The second kappa shape index (κ2) is 6.88. The van der Waals surface area contributed by atoms with Crippen LogP contribution >= 0.6 is 0 Å². The van der Waals surface area contributed by atoms with E-state index in [1.165, 1.54) is 17.7 Å². The lowest BCUT2D eigenvalue weighted by Gasteiger charge is -2.39. The van der Waals surface area contributed by atoms with Crippen LogP contribution in [0.3, 0.4) is 0 Å². The Morgan fingerprint density at radius 1 is 0.931 bits per heavy atom. The minimum atomic E-state index is -0.806. The van der Waals surface area contributed by atoms with Gasteiger partial charge in [0, 0.05) is 18.0 Å². The van der Waals surface area contributed by atoms with Crippen molar-refractivity contribution in [1.29, 1.82) is 0 Å². The van der Waals surface area contributed by atoms with Gasteiger partial charge in [-0.1, -0.05) is 12.1 Å². The quantitative estimate of drug-likeness (QED) is 0.644. The summed E-state index contributed by atoms with van der Waals surface area (Å²) < 4.78 is 33.5. The smallest absolute Gasteiger partial charge is 0.238 e. The fourth-order valence-corrected chi connectivity index (χ4v) is 4.63. The van der Waals surface area contributed by atoms with Crippen LogP contribution in [0.25, 0.3) is 0 Å². The Bertz CT molecular complexity index is 1060. The molecule has 3 aromatic rings. The van der Waals surface area contributed by atoms with Crippen LogP contribution in [0.4, 0.5) is 8.78 Å². The SMILES string of the molecule is Cc1ccc(Oc2ccc3c(c2)CN2CCC3(c3ccc(F)c(F)c3)CC2)nn1. The molecular weight excluding hydrogens is 372 g/mol. The van der Waals surface area contributed by atoms with Gasteiger partial charge in [0.25, 0.3) is 0 Å². The minimum absolute atomic E-state index is 0.306.